The van der Waals surface area contributed by atoms with E-state index in [4.69, 9.17) is 0 Å². The van der Waals surface area contributed by atoms with Crippen molar-refractivity contribution in [3.63, 3.8) is 0 Å². The number of carbonyl (C=O) groups excluding carboxylic acids is 1. The maximum Gasteiger partial charge on any atom is 0.255 e. The van der Waals surface area contributed by atoms with Crippen LogP contribution in [0.25, 0.3) is 11.0 Å². The lowest BCUT2D eigenvalue weighted by Gasteiger charge is -2.07. The van der Waals surface area contributed by atoms with Crippen molar-refractivity contribution in [2.45, 2.75) is 13.0 Å². The Morgan fingerprint density at radius 1 is 1.03 bits per heavy atom. The van der Waals surface area contributed by atoms with Crippen LogP contribution in [0.1, 0.15) is 27.3 Å². The van der Waals surface area contributed by atoms with Crippen molar-refractivity contribution in [3.05, 3.63) is 114 Å². The van der Waals surface area contributed by atoms with E-state index >= 15 is 0 Å². The summed E-state index contributed by atoms with van der Waals surface area (Å²) in [5.74, 6) is 0.221. The second-order valence-electron chi connectivity index (χ2n) is 7.54. The zero-order chi connectivity index (χ0) is 21.9. The summed E-state index contributed by atoms with van der Waals surface area (Å²) in [6, 6.07) is 21.4. The van der Waals surface area contributed by atoms with Crippen molar-refractivity contribution in [1.82, 2.24) is 19.7 Å². The van der Waals surface area contributed by atoms with Gasteiger partial charge in [0.2, 0.25) is 0 Å². The van der Waals surface area contributed by atoms with Crippen LogP contribution in [0.2, 0.25) is 0 Å². The average molecular weight is 425 g/mol. The van der Waals surface area contributed by atoms with E-state index in [-0.39, 0.29) is 11.7 Å². The Hall–Kier alpha value is -4.26. The molecule has 0 saturated heterocycles. The number of fused-ring (bicyclic) bond motifs is 1. The standard InChI is InChI=1S/C25H20FN5O/c26-21-5-2-1-4-19(21)14-24-29-22-11-10-20(15-23(22)30-24)28-25(32)18-8-6-17(7-9-18)16-31-13-3-12-27-31/h1-13,15H,14,16H2,(H,28,32)(H,29,30). The molecule has 2 N–H and O–H groups in total. The van der Waals surface area contributed by atoms with E-state index in [9.17, 15) is 9.18 Å². The lowest BCUT2D eigenvalue weighted by atomic mass is 10.1. The second-order valence-corrected chi connectivity index (χ2v) is 7.54. The molecular formula is C25H20FN5O. The summed E-state index contributed by atoms with van der Waals surface area (Å²) in [6.45, 7) is 0.653. The summed E-state index contributed by atoms with van der Waals surface area (Å²) in [7, 11) is 0. The fourth-order valence-corrected chi connectivity index (χ4v) is 3.59. The van der Waals surface area contributed by atoms with E-state index in [0.717, 1.165) is 16.6 Å². The number of carbonyl (C=O) groups is 1. The van der Waals surface area contributed by atoms with Gasteiger partial charge in [-0.15, -0.1) is 0 Å². The molecule has 0 unspecified atom stereocenters. The number of nitrogens with zero attached hydrogens (tertiary/aromatic N) is 3. The molecule has 5 aromatic rings. The van der Waals surface area contributed by atoms with Gasteiger partial charge in [-0.1, -0.05) is 30.3 Å². The van der Waals surface area contributed by atoms with Gasteiger partial charge in [-0.2, -0.15) is 5.10 Å². The van der Waals surface area contributed by atoms with Crippen LogP contribution in [0, 0.1) is 5.82 Å². The molecule has 2 aromatic heterocycles. The normalized spacial score (nSPS) is 11.0. The van der Waals surface area contributed by atoms with Crippen LogP contribution >= 0.6 is 0 Å². The van der Waals surface area contributed by atoms with Crippen molar-refractivity contribution in [1.29, 1.82) is 0 Å². The first kappa shape index (κ1) is 19.7. The predicted molar refractivity (Wildman–Crippen MR) is 121 cm³/mol. The number of halogens is 1. The summed E-state index contributed by atoms with van der Waals surface area (Å²) in [5.41, 5.74) is 4.41. The zero-order valence-corrected chi connectivity index (χ0v) is 17.1. The van der Waals surface area contributed by atoms with Crippen molar-refractivity contribution >= 4 is 22.6 Å². The van der Waals surface area contributed by atoms with Gasteiger partial charge in [0.1, 0.15) is 11.6 Å². The van der Waals surface area contributed by atoms with Crippen molar-refractivity contribution in [2.75, 3.05) is 5.32 Å². The van der Waals surface area contributed by atoms with Gasteiger partial charge in [-0.25, -0.2) is 9.37 Å². The third kappa shape index (κ3) is 4.27. The Kier molecular flexibility index (Phi) is 5.21. The van der Waals surface area contributed by atoms with Crippen LogP contribution in [0.3, 0.4) is 0 Å². The van der Waals surface area contributed by atoms with Gasteiger partial charge in [-0.05, 0) is 53.6 Å². The molecular weight excluding hydrogens is 405 g/mol. The fourth-order valence-electron chi connectivity index (χ4n) is 3.59. The van der Waals surface area contributed by atoms with E-state index in [1.165, 1.54) is 6.07 Å². The molecule has 1 amide bonds. The summed E-state index contributed by atoms with van der Waals surface area (Å²) in [4.78, 5) is 20.4. The highest BCUT2D eigenvalue weighted by Gasteiger charge is 2.10. The van der Waals surface area contributed by atoms with Gasteiger partial charge < -0.3 is 10.3 Å². The van der Waals surface area contributed by atoms with E-state index in [2.05, 4.69) is 20.4 Å². The van der Waals surface area contributed by atoms with E-state index in [1.54, 1.807) is 42.6 Å². The lowest BCUT2D eigenvalue weighted by Crippen LogP contribution is -2.12. The van der Waals surface area contributed by atoms with E-state index < -0.39 is 0 Å². The van der Waals surface area contributed by atoms with Crippen LogP contribution in [0.4, 0.5) is 10.1 Å². The van der Waals surface area contributed by atoms with Gasteiger partial charge in [0.25, 0.3) is 5.91 Å². The summed E-state index contributed by atoms with van der Waals surface area (Å²) < 4.78 is 15.8. The number of hydrogen-bond acceptors (Lipinski definition) is 3. The number of anilines is 1. The Labute approximate surface area is 183 Å². The molecule has 0 atom stereocenters. The van der Waals surface area contributed by atoms with Gasteiger partial charge in [0.05, 0.1) is 17.6 Å². The molecule has 0 bridgehead atoms. The second kappa shape index (κ2) is 8.47. The molecule has 0 aliphatic heterocycles. The predicted octanol–water partition coefficient (Wildman–Crippen LogP) is 4.79. The minimum Gasteiger partial charge on any atom is -0.342 e. The highest BCUT2D eigenvalue weighted by Crippen LogP contribution is 2.20. The van der Waals surface area contributed by atoms with Gasteiger partial charge in [-0.3, -0.25) is 9.48 Å². The number of nitrogens with one attached hydrogen (secondary N) is 2. The van der Waals surface area contributed by atoms with Gasteiger partial charge in [0, 0.05) is 30.1 Å². The third-order valence-electron chi connectivity index (χ3n) is 5.22. The molecule has 2 heterocycles. The number of amides is 1. The fraction of sp³-hybridized carbons (Fsp3) is 0.0800. The summed E-state index contributed by atoms with van der Waals surface area (Å²) >= 11 is 0. The molecule has 0 saturated carbocycles. The number of benzene rings is 3. The summed E-state index contributed by atoms with van der Waals surface area (Å²) in [6.07, 6.45) is 4.00. The Bertz CT molecular complexity index is 1370. The number of rotatable bonds is 6. The maximum absolute atomic E-state index is 13.9. The highest BCUT2D eigenvalue weighted by atomic mass is 19.1. The van der Waals surface area contributed by atoms with Crippen LogP contribution in [0.15, 0.2) is 85.2 Å². The van der Waals surface area contributed by atoms with Crippen molar-refractivity contribution in [3.8, 4) is 0 Å². The van der Waals surface area contributed by atoms with Gasteiger partial charge in [0.15, 0.2) is 0 Å². The van der Waals surface area contributed by atoms with Crippen LogP contribution < -0.4 is 5.32 Å². The molecule has 32 heavy (non-hydrogen) atoms. The van der Waals surface area contributed by atoms with E-state index in [0.29, 0.717) is 35.6 Å². The van der Waals surface area contributed by atoms with Crippen LogP contribution in [0.5, 0.6) is 0 Å². The molecule has 5 rings (SSSR count). The molecule has 6 nitrogen and oxygen atoms in total. The van der Waals surface area contributed by atoms with Crippen molar-refractivity contribution < 1.29 is 9.18 Å². The molecule has 0 fully saturated rings. The molecule has 158 valence electrons. The smallest absolute Gasteiger partial charge is 0.255 e. The SMILES string of the molecule is O=C(Nc1ccc2nc(Cc3ccccc3F)[nH]c2c1)c1ccc(Cn2cccn2)cc1. The largest absolute Gasteiger partial charge is 0.342 e. The number of aromatic nitrogens is 4. The minimum absolute atomic E-state index is 0.193. The quantitative estimate of drug-likeness (QED) is 0.411. The average Bonchev–Trinajstić information content (AvgIpc) is 3.45. The first-order valence-electron chi connectivity index (χ1n) is 10.2. The maximum atomic E-state index is 13.9. The Balaban J connectivity index is 1.28. The topological polar surface area (TPSA) is 75.6 Å². The Morgan fingerprint density at radius 3 is 2.66 bits per heavy atom. The van der Waals surface area contributed by atoms with Crippen molar-refractivity contribution in [2.24, 2.45) is 0 Å². The van der Waals surface area contributed by atoms with Gasteiger partial charge >= 0.3 is 0 Å². The molecule has 3 aromatic carbocycles. The molecule has 0 radical (unpaired) electrons. The lowest BCUT2D eigenvalue weighted by molar-refractivity contribution is 0.102. The molecule has 0 aliphatic carbocycles. The zero-order valence-electron chi connectivity index (χ0n) is 17.1. The molecule has 0 aliphatic rings. The summed E-state index contributed by atoms with van der Waals surface area (Å²) in [5, 5.41) is 7.11. The minimum atomic E-state index is -0.253. The first-order valence-corrected chi connectivity index (χ1v) is 10.2. The number of aromatic amines is 1. The van der Waals surface area contributed by atoms with E-state index in [1.807, 2.05) is 41.2 Å². The monoisotopic (exact) mass is 425 g/mol. The number of H-pyrrole nitrogens is 1. The van der Waals surface area contributed by atoms with Crippen LogP contribution in [-0.4, -0.2) is 25.7 Å². The third-order valence-corrected chi connectivity index (χ3v) is 5.22. The number of imidazole rings is 1. The molecule has 0 spiro atoms. The highest BCUT2D eigenvalue weighted by molar-refractivity contribution is 6.05. The number of hydrogen-bond donors (Lipinski definition) is 2. The first-order chi connectivity index (χ1) is 15.6. The molecule has 7 heteroatoms. The Morgan fingerprint density at radius 2 is 1.88 bits per heavy atom. The van der Waals surface area contributed by atoms with Crippen LogP contribution in [-0.2, 0) is 13.0 Å².